The maximum Gasteiger partial charge on any atom is 0.137 e. The zero-order valence-corrected chi connectivity index (χ0v) is 17.2. The number of nitrogens with zero attached hydrogens (tertiary/aromatic N) is 4. The van der Waals surface area contributed by atoms with Gasteiger partial charge in [0, 0.05) is 24.4 Å². The van der Waals surface area contributed by atoms with Crippen LogP contribution in [0.25, 0.3) is 5.65 Å². The monoisotopic (exact) mass is 405 g/mol. The van der Waals surface area contributed by atoms with Crippen molar-refractivity contribution in [2.75, 3.05) is 13.1 Å². The highest BCUT2D eigenvalue weighted by molar-refractivity contribution is 6.31. The van der Waals surface area contributed by atoms with Crippen molar-refractivity contribution in [1.82, 2.24) is 24.5 Å². The second kappa shape index (κ2) is 7.32. The van der Waals surface area contributed by atoms with Gasteiger partial charge in [0.2, 0.25) is 0 Å². The molecule has 3 aromatic heterocycles. The number of rotatable bonds is 4. The van der Waals surface area contributed by atoms with Crippen molar-refractivity contribution in [2.24, 2.45) is 0 Å². The molecule has 0 amide bonds. The van der Waals surface area contributed by atoms with Crippen LogP contribution in [0.4, 0.5) is 0 Å². The van der Waals surface area contributed by atoms with E-state index in [1.165, 1.54) is 5.56 Å². The Labute approximate surface area is 175 Å². The van der Waals surface area contributed by atoms with Gasteiger partial charge in [0.25, 0.3) is 0 Å². The van der Waals surface area contributed by atoms with Crippen LogP contribution in [0, 0.1) is 6.92 Å². The van der Waals surface area contributed by atoms with Crippen LogP contribution in [0.2, 0.25) is 5.02 Å². The molecule has 5 nitrogen and oxygen atoms in total. The van der Waals surface area contributed by atoms with Gasteiger partial charge in [-0.1, -0.05) is 48.0 Å². The molecular formula is C23H24ClN5. The summed E-state index contributed by atoms with van der Waals surface area (Å²) in [5, 5.41) is 8.12. The molecular weight excluding hydrogens is 382 g/mol. The van der Waals surface area contributed by atoms with E-state index in [1.807, 2.05) is 19.1 Å². The van der Waals surface area contributed by atoms with E-state index >= 15 is 0 Å². The van der Waals surface area contributed by atoms with Gasteiger partial charge in [-0.2, -0.15) is 5.10 Å². The summed E-state index contributed by atoms with van der Waals surface area (Å²) in [5.74, 6) is 0. The van der Waals surface area contributed by atoms with Crippen molar-refractivity contribution >= 4 is 17.2 Å². The summed E-state index contributed by atoms with van der Waals surface area (Å²) in [6.07, 6.45) is 6.30. The van der Waals surface area contributed by atoms with Gasteiger partial charge in [-0.25, -0.2) is 4.98 Å². The summed E-state index contributed by atoms with van der Waals surface area (Å²) in [6.45, 7) is 4.69. The van der Waals surface area contributed by atoms with E-state index in [-0.39, 0.29) is 5.41 Å². The first kappa shape index (κ1) is 18.4. The topological polar surface area (TPSA) is 49.2 Å². The third kappa shape index (κ3) is 3.24. The number of nitrogens with one attached hydrogen (secondary N) is 1. The maximum atomic E-state index is 6.39. The molecule has 0 bridgehead atoms. The second-order valence-corrected chi connectivity index (χ2v) is 8.30. The Morgan fingerprint density at radius 3 is 2.52 bits per heavy atom. The Kier molecular flexibility index (Phi) is 4.64. The number of pyridine rings is 1. The van der Waals surface area contributed by atoms with E-state index in [0.717, 1.165) is 60.2 Å². The highest BCUT2D eigenvalue weighted by Gasteiger charge is 2.40. The Hall–Kier alpha value is -2.63. The molecule has 148 valence electrons. The lowest BCUT2D eigenvalue weighted by Crippen LogP contribution is -2.43. The molecule has 1 aliphatic heterocycles. The predicted octanol–water partition coefficient (Wildman–Crippen LogP) is 4.60. The molecule has 0 aliphatic carbocycles. The molecule has 29 heavy (non-hydrogen) atoms. The highest BCUT2D eigenvalue weighted by atomic mass is 35.5. The number of hydrogen-bond donors (Lipinski definition) is 1. The highest BCUT2D eigenvalue weighted by Crippen LogP contribution is 2.41. The number of aryl methyl sites for hydroxylation is 1. The Morgan fingerprint density at radius 1 is 1.07 bits per heavy atom. The molecule has 0 radical (unpaired) electrons. The average molecular weight is 406 g/mol. The fourth-order valence-corrected chi connectivity index (χ4v) is 4.63. The maximum absolute atomic E-state index is 6.39. The van der Waals surface area contributed by atoms with Gasteiger partial charge in [0.15, 0.2) is 0 Å². The summed E-state index contributed by atoms with van der Waals surface area (Å²) in [6, 6.07) is 17.0. The number of likely N-dealkylation sites (tertiary alicyclic amines) is 1. The third-order valence-corrected chi connectivity index (χ3v) is 6.71. The van der Waals surface area contributed by atoms with Crippen LogP contribution in [-0.4, -0.2) is 37.6 Å². The first-order valence-corrected chi connectivity index (χ1v) is 10.4. The van der Waals surface area contributed by atoms with Gasteiger partial charge < -0.3 is 4.40 Å². The van der Waals surface area contributed by atoms with Crippen LogP contribution >= 0.6 is 11.6 Å². The molecule has 5 rings (SSSR count). The zero-order valence-electron chi connectivity index (χ0n) is 16.5. The molecule has 1 saturated heterocycles. The largest absolute Gasteiger partial charge is 0.307 e. The summed E-state index contributed by atoms with van der Waals surface area (Å²) in [7, 11) is 0. The number of aromatic nitrogens is 4. The van der Waals surface area contributed by atoms with E-state index in [0.29, 0.717) is 0 Å². The fraction of sp³-hybridized carbons (Fsp3) is 0.304. The van der Waals surface area contributed by atoms with Crippen LogP contribution in [0.5, 0.6) is 0 Å². The summed E-state index contributed by atoms with van der Waals surface area (Å²) in [5.41, 5.74) is 5.29. The van der Waals surface area contributed by atoms with E-state index in [1.54, 1.807) is 0 Å². The first-order chi connectivity index (χ1) is 14.2. The van der Waals surface area contributed by atoms with Crippen molar-refractivity contribution in [3.8, 4) is 0 Å². The molecule has 0 spiro atoms. The number of halogens is 1. The lowest BCUT2D eigenvalue weighted by Gasteiger charge is -2.41. The van der Waals surface area contributed by atoms with Crippen molar-refractivity contribution in [3.05, 3.63) is 88.6 Å². The Morgan fingerprint density at radius 2 is 1.83 bits per heavy atom. The van der Waals surface area contributed by atoms with Crippen molar-refractivity contribution in [2.45, 2.75) is 31.7 Å². The van der Waals surface area contributed by atoms with Gasteiger partial charge in [0.05, 0.1) is 22.1 Å². The Bertz CT molecular complexity index is 1090. The molecule has 4 aromatic rings. The number of fused-ring (bicyclic) bond motifs is 1. The van der Waals surface area contributed by atoms with Crippen LogP contribution in [0.3, 0.4) is 0 Å². The number of benzene rings is 1. The molecule has 0 unspecified atom stereocenters. The average Bonchev–Trinajstić information content (AvgIpc) is 3.34. The molecule has 1 fully saturated rings. The zero-order chi connectivity index (χ0) is 19.8. The van der Waals surface area contributed by atoms with Crippen LogP contribution in [0.1, 0.15) is 35.5 Å². The van der Waals surface area contributed by atoms with Gasteiger partial charge >= 0.3 is 0 Å². The normalized spacial score (nSPS) is 17.0. The van der Waals surface area contributed by atoms with E-state index < -0.39 is 0 Å². The van der Waals surface area contributed by atoms with E-state index in [4.69, 9.17) is 16.6 Å². The second-order valence-electron chi connectivity index (χ2n) is 7.93. The van der Waals surface area contributed by atoms with Crippen molar-refractivity contribution in [1.29, 1.82) is 0 Å². The molecule has 0 saturated carbocycles. The van der Waals surface area contributed by atoms with Gasteiger partial charge in [-0.15, -0.1) is 0 Å². The summed E-state index contributed by atoms with van der Waals surface area (Å²) in [4.78, 5) is 7.46. The Balaban J connectivity index is 1.46. The van der Waals surface area contributed by atoms with Gasteiger partial charge in [-0.3, -0.25) is 10.00 Å². The molecule has 6 heteroatoms. The van der Waals surface area contributed by atoms with E-state index in [2.05, 4.69) is 68.3 Å². The number of piperidine rings is 1. The summed E-state index contributed by atoms with van der Waals surface area (Å²) < 4.78 is 2.12. The van der Waals surface area contributed by atoms with Crippen molar-refractivity contribution in [3.63, 3.8) is 0 Å². The molecule has 1 N–H and O–H groups in total. The lowest BCUT2D eigenvalue weighted by molar-refractivity contribution is 0.169. The van der Waals surface area contributed by atoms with Crippen LogP contribution in [0.15, 0.2) is 60.9 Å². The quantitative estimate of drug-likeness (QED) is 0.539. The third-order valence-electron chi connectivity index (χ3n) is 6.20. The summed E-state index contributed by atoms with van der Waals surface area (Å²) >= 11 is 6.39. The minimum absolute atomic E-state index is 0.0743. The van der Waals surface area contributed by atoms with Crippen molar-refractivity contribution < 1.29 is 0 Å². The number of hydrogen-bond acceptors (Lipinski definition) is 3. The van der Waals surface area contributed by atoms with Gasteiger partial charge in [0.1, 0.15) is 5.65 Å². The van der Waals surface area contributed by atoms with Gasteiger partial charge in [-0.05, 0) is 50.6 Å². The molecule has 4 heterocycles. The predicted molar refractivity (Wildman–Crippen MR) is 115 cm³/mol. The fourth-order valence-electron chi connectivity index (χ4n) is 4.49. The minimum atomic E-state index is -0.0743. The number of imidazole rings is 1. The smallest absolute Gasteiger partial charge is 0.137 e. The molecule has 0 atom stereocenters. The van der Waals surface area contributed by atoms with E-state index in [9.17, 15) is 0 Å². The molecule has 1 aliphatic rings. The SMILES string of the molecule is Cc1[nH]nc(CN2CCC(c3ccccc3)(c3cn4ccccc4n3)CC2)c1Cl. The number of H-pyrrole nitrogens is 1. The minimum Gasteiger partial charge on any atom is -0.307 e. The lowest BCUT2D eigenvalue weighted by atomic mass is 9.70. The number of aromatic amines is 1. The molecule has 1 aromatic carbocycles. The standard InChI is InChI=1S/C23H24ClN5/c1-17-22(24)19(27-26-17)15-28-13-10-23(11-14-28,18-7-3-2-4-8-18)20-16-29-12-6-5-9-21(29)25-20/h2-9,12,16H,10-11,13-15H2,1H3,(H,26,27). The van der Waals surface area contributed by atoms with Crippen LogP contribution < -0.4 is 0 Å². The first-order valence-electron chi connectivity index (χ1n) is 10.1. The van der Waals surface area contributed by atoms with Crippen LogP contribution in [-0.2, 0) is 12.0 Å².